The molecule has 0 bridgehead atoms. The summed E-state index contributed by atoms with van der Waals surface area (Å²) >= 11 is 0. The van der Waals surface area contributed by atoms with Crippen LogP contribution >= 0.6 is 0 Å². The summed E-state index contributed by atoms with van der Waals surface area (Å²) in [6.45, 7) is 23.2. The lowest BCUT2D eigenvalue weighted by Crippen LogP contribution is -2.42. The average molecular weight is 1270 g/mol. The maximum absolute atomic E-state index is 13.3. The highest BCUT2D eigenvalue weighted by Crippen LogP contribution is 2.37. The van der Waals surface area contributed by atoms with Crippen LogP contribution in [-0.2, 0) is 52.2 Å². The van der Waals surface area contributed by atoms with Crippen LogP contribution in [-0.4, -0.2) is 193 Å². The van der Waals surface area contributed by atoms with Gasteiger partial charge in [-0.3, -0.25) is 33.2 Å². The van der Waals surface area contributed by atoms with E-state index in [0.717, 1.165) is 16.7 Å². The van der Waals surface area contributed by atoms with Gasteiger partial charge in [0.05, 0.1) is 129 Å². The van der Waals surface area contributed by atoms with Gasteiger partial charge in [-0.25, -0.2) is 13.1 Å². The summed E-state index contributed by atoms with van der Waals surface area (Å²) in [5.41, 5.74) is 4.63. The first-order valence-corrected chi connectivity index (χ1v) is 31.1. The first-order valence-electron chi connectivity index (χ1n) is 29.7. The summed E-state index contributed by atoms with van der Waals surface area (Å²) in [4.78, 5) is 61.6. The topological polar surface area (TPSA) is 230 Å². The minimum absolute atomic E-state index is 0.0391. The van der Waals surface area contributed by atoms with Crippen LogP contribution in [0.1, 0.15) is 70.0 Å². The van der Waals surface area contributed by atoms with Crippen LogP contribution in [0.4, 0.5) is 0 Å². The van der Waals surface area contributed by atoms with Gasteiger partial charge in [0.25, 0.3) is 33.7 Å². The third kappa shape index (κ3) is 20.0. The Morgan fingerprint density at radius 3 is 1.30 bits per heavy atom. The number of methoxy groups -OCH3 is 2. The summed E-state index contributed by atoms with van der Waals surface area (Å²) in [7, 11) is -0.563. The maximum atomic E-state index is 13.3. The Balaban J connectivity index is 0.000000203. The van der Waals surface area contributed by atoms with Gasteiger partial charge in [-0.05, 0) is 66.6 Å². The molecule has 0 aliphatic carbocycles. The summed E-state index contributed by atoms with van der Waals surface area (Å²) in [5.74, 6) is -1.22. The molecule has 21 nitrogen and oxygen atoms in total. The van der Waals surface area contributed by atoms with Crippen molar-refractivity contribution >= 4 is 55.3 Å². The summed E-state index contributed by atoms with van der Waals surface area (Å²) in [6.07, 6.45) is 0. The number of carbonyl (C=O) groups excluding carboxylic acids is 4. The van der Waals surface area contributed by atoms with E-state index < -0.39 is 10.1 Å². The van der Waals surface area contributed by atoms with Crippen LogP contribution in [0, 0.1) is 20.1 Å². The molecule has 7 aromatic rings. The van der Waals surface area contributed by atoms with Gasteiger partial charge >= 0.3 is 0 Å². The molecule has 7 aromatic carbocycles. The van der Waals surface area contributed by atoms with Gasteiger partial charge in [0, 0.05) is 58.0 Å². The number of phenols is 1. The lowest BCUT2D eigenvalue weighted by atomic mass is 9.93. The standard InChI is InChI=1S/C31H34N2O7.C21H25NO7.C17H17NO3S/c1-32-21-24(23-7-4-3-5-8-23)22-40-28-12-11-27-29-25(28)9-6-10-26(29)30(34)33(31(27)35)13-14-37-17-18-39-20-19-38-16-15-36-2;1-26-9-10-28-13-14-29-12-11-27-8-7-22-20(24)16-4-2-3-15-18(23)6-5-17(19(15)16)21(22)25;1-14-8-10-17(11-9-14)22(19,20)21-13-16(12-18-2)15-6-4-3-5-7-15/h3-12,24H,13-22H2,2H3;2-6,23H,7-14H2,1H3;3-11,16H,12-13H2,1H3. The molecule has 22 heteroatoms. The summed E-state index contributed by atoms with van der Waals surface area (Å²) < 4.78 is 78.0. The number of amides is 4. The molecule has 2 aliphatic rings. The zero-order chi connectivity index (χ0) is 64.8. The second-order valence-electron chi connectivity index (χ2n) is 20.6. The van der Waals surface area contributed by atoms with Crippen molar-refractivity contribution in [3.05, 3.63) is 207 Å². The molecule has 91 heavy (non-hydrogen) atoms. The fourth-order valence-corrected chi connectivity index (χ4v) is 10.7. The van der Waals surface area contributed by atoms with Gasteiger partial charge < -0.3 is 57.4 Å². The minimum atomic E-state index is -3.80. The van der Waals surface area contributed by atoms with E-state index in [9.17, 15) is 32.7 Å². The van der Waals surface area contributed by atoms with Gasteiger partial charge in [0.15, 0.2) is 0 Å². The number of benzene rings is 7. The molecular formula is C69H76N4O17S. The van der Waals surface area contributed by atoms with Crippen molar-refractivity contribution in [1.29, 1.82) is 0 Å². The molecular weight excluding hydrogens is 1190 g/mol. The summed E-state index contributed by atoms with van der Waals surface area (Å²) in [6, 6.07) is 42.6. The van der Waals surface area contributed by atoms with Gasteiger partial charge in [-0.1, -0.05) is 103 Å². The predicted octanol–water partition coefficient (Wildman–Crippen LogP) is 9.45. The van der Waals surface area contributed by atoms with E-state index in [1.807, 2.05) is 73.7 Å². The van der Waals surface area contributed by atoms with Gasteiger partial charge in [0.1, 0.15) is 18.1 Å². The average Bonchev–Trinajstić information content (AvgIpc) is 0.806. The number of imide groups is 2. The zero-order valence-corrected chi connectivity index (χ0v) is 52.1. The first-order chi connectivity index (χ1) is 44.3. The van der Waals surface area contributed by atoms with Crippen LogP contribution in [0.25, 0.3) is 31.2 Å². The van der Waals surface area contributed by atoms with Crippen molar-refractivity contribution < 1.29 is 79.5 Å². The van der Waals surface area contributed by atoms with Crippen LogP contribution in [0.2, 0.25) is 0 Å². The number of hydrogen-bond acceptors (Lipinski definition) is 17. The highest BCUT2D eigenvalue weighted by molar-refractivity contribution is 7.86. The van der Waals surface area contributed by atoms with Crippen molar-refractivity contribution in [2.24, 2.45) is 0 Å². The molecule has 9 rings (SSSR count). The largest absolute Gasteiger partial charge is 0.507 e. The van der Waals surface area contributed by atoms with Crippen molar-refractivity contribution in [2.75, 3.05) is 146 Å². The number of ether oxygens (including phenoxy) is 9. The van der Waals surface area contributed by atoms with E-state index in [4.69, 9.17) is 60.0 Å². The normalized spacial score (nSPS) is 13.2. The molecule has 4 amide bonds. The van der Waals surface area contributed by atoms with E-state index in [1.54, 1.807) is 74.9 Å². The fourth-order valence-electron chi connectivity index (χ4n) is 9.78. The van der Waals surface area contributed by atoms with Crippen LogP contribution in [0.3, 0.4) is 0 Å². The Bertz CT molecular complexity index is 3650. The molecule has 0 fully saturated rings. The van der Waals surface area contributed by atoms with E-state index in [2.05, 4.69) is 9.69 Å². The van der Waals surface area contributed by atoms with Gasteiger partial charge in [0.2, 0.25) is 13.1 Å². The molecule has 480 valence electrons. The molecule has 0 saturated heterocycles. The SMILES string of the molecule is COCCOCCOCCOCCN1C(=O)c2cccc3c(O)ccc(c23)C1=O.[C-]#[N+]CC(COS(=O)(=O)c1ccc(C)cc1)c1ccccc1.[C-]#[N+]CC(COc1ccc2c3c(cccc13)C(=O)N(CCOCCOCCOCCOC)C2=O)c1ccccc1. The van der Waals surface area contributed by atoms with Gasteiger partial charge in [-0.2, -0.15) is 8.42 Å². The number of phenolic OH excluding ortho intramolecular Hbond substituents is 1. The Morgan fingerprint density at radius 1 is 0.451 bits per heavy atom. The van der Waals surface area contributed by atoms with Crippen LogP contribution in [0.15, 0.2) is 150 Å². The van der Waals surface area contributed by atoms with Crippen molar-refractivity contribution in [3.63, 3.8) is 0 Å². The van der Waals surface area contributed by atoms with Crippen molar-refractivity contribution in [2.45, 2.75) is 23.7 Å². The van der Waals surface area contributed by atoms with Crippen LogP contribution in [0.5, 0.6) is 11.5 Å². The summed E-state index contributed by atoms with van der Waals surface area (Å²) in [5, 5.41) is 12.3. The molecule has 0 radical (unpaired) electrons. The lowest BCUT2D eigenvalue weighted by molar-refractivity contribution is 0.00144. The lowest BCUT2D eigenvalue weighted by Gasteiger charge is -2.27. The number of hydrogen-bond donors (Lipinski definition) is 1. The number of aryl methyl sites for hydroxylation is 1. The zero-order valence-electron chi connectivity index (χ0n) is 51.3. The monoisotopic (exact) mass is 1260 g/mol. The van der Waals surface area contributed by atoms with Crippen molar-refractivity contribution in [1.82, 2.24) is 9.80 Å². The van der Waals surface area contributed by atoms with E-state index in [0.29, 0.717) is 142 Å². The quantitative estimate of drug-likeness (QED) is 0.0169. The van der Waals surface area contributed by atoms with Crippen molar-refractivity contribution in [3.8, 4) is 11.5 Å². The third-order valence-electron chi connectivity index (χ3n) is 14.5. The molecule has 2 atom stereocenters. The van der Waals surface area contributed by atoms with E-state index in [-0.39, 0.29) is 85.6 Å². The maximum Gasteiger partial charge on any atom is 0.296 e. The third-order valence-corrected chi connectivity index (χ3v) is 15.8. The molecule has 0 spiro atoms. The molecule has 0 aromatic heterocycles. The Labute approximate surface area is 530 Å². The smallest absolute Gasteiger partial charge is 0.296 e. The van der Waals surface area contributed by atoms with E-state index in [1.165, 1.54) is 28.0 Å². The van der Waals surface area contributed by atoms with E-state index >= 15 is 0 Å². The number of carbonyl (C=O) groups is 4. The molecule has 1 N–H and O–H groups in total. The Kier molecular flexibility index (Phi) is 28.4. The molecule has 0 saturated carbocycles. The Morgan fingerprint density at radius 2 is 0.846 bits per heavy atom. The predicted molar refractivity (Wildman–Crippen MR) is 340 cm³/mol. The number of nitrogens with zero attached hydrogens (tertiary/aromatic N) is 4. The first kappa shape index (κ1) is 70.0. The highest BCUT2D eigenvalue weighted by Gasteiger charge is 2.35. The molecule has 2 heterocycles. The second-order valence-corrected chi connectivity index (χ2v) is 22.3. The molecule has 2 unspecified atom stereocenters. The number of rotatable bonds is 35. The fraction of sp³-hybridized carbons (Fsp3) is 0.362. The second kappa shape index (κ2) is 37.0. The number of aromatic hydroxyl groups is 1. The van der Waals surface area contributed by atoms with Crippen LogP contribution < -0.4 is 4.74 Å². The van der Waals surface area contributed by atoms with Gasteiger partial charge in [-0.15, -0.1) is 0 Å². The highest BCUT2D eigenvalue weighted by atomic mass is 32.2. The molecule has 2 aliphatic heterocycles. The minimum Gasteiger partial charge on any atom is -0.507 e. The Hall–Kier alpha value is -8.49.